The predicted molar refractivity (Wildman–Crippen MR) is 69.9 cm³/mol. The van der Waals surface area contributed by atoms with Gasteiger partial charge in [0.05, 0.1) is 11.8 Å². The van der Waals surface area contributed by atoms with E-state index in [-0.39, 0.29) is 13.0 Å². The zero-order valence-electron chi connectivity index (χ0n) is 11.0. The minimum Gasteiger partial charge on any atom is -0.481 e. The molecule has 1 aliphatic rings. The van der Waals surface area contributed by atoms with Crippen molar-refractivity contribution in [3.05, 3.63) is 22.4 Å². The third-order valence-corrected chi connectivity index (χ3v) is 4.51. The van der Waals surface area contributed by atoms with E-state index in [1.807, 2.05) is 17.5 Å². The highest BCUT2D eigenvalue weighted by atomic mass is 32.1. The number of carbonyl (C=O) groups excluding carboxylic acids is 1. The third kappa shape index (κ3) is 3.75. The fraction of sp³-hybridized carbons (Fsp3) is 0.538. The summed E-state index contributed by atoms with van der Waals surface area (Å²) in [6.07, 6.45) is -4.05. The number of halogens is 3. The van der Waals surface area contributed by atoms with E-state index in [9.17, 15) is 22.8 Å². The molecular weight excluding hydrogens is 307 g/mol. The van der Waals surface area contributed by atoms with Crippen LogP contribution in [0.3, 0.4) is 0 Å². The van der Waals surface area contributed by atoms with Crippen molar-refractivity contribution in [2.24, 2.45) is 11.8 Å². The largest absolute Gasteiger partial charge is 0.481 e. The first-order chi connectivity index (χ1) is 9.79. The number of likely N-dealkylation sites (tertiary alicyclic amines) is 1. The number of carbonyl (C=O) groups is 2. The molecule has 1 aliphatic heterocycles. The maximum Gasteiger partial charge on any atom is 0.394 e. The average molecular weight is 321 g/mol. The summed E-state index contributed by atoms with van der Waals surface area (Å²) in [6, 6.07) is 3.68. The lowest BCUT2D eigenvalue weighted by Crippen LogP contribution is -2.34. The summed E-state index contributed by atoms with van der Waals surface area (Å²) >= 11 is 1.47. The van der Waals surface area contributed by atoms with E-state index in [1.54, 1.807) is 0 Å². The predicted octanol–water partition coefficient (Wildman–Crippen LogP) is 2.40. The van der Waals surface area contributed by atoms with Gasteiger partial charge in [0, 0.05) is 24.4 Å². The number of aryl methyl sites for hydroxylation is 1. The number of hydrogen-bond donors (Lipinski definition) is 1. The molecule has 0 unspecified atom stereocenters. The Kier molecular flexibility index (Phi) is 4.55. The number of carboxylic acids is 1. The second kappa shape index (κ2) is 6.05. The second-order valence-electron chi connectivity index (χ2n) is 4.97. The molecule has 2 atom stereocenters. The zero-order valence-corrected chi connectivity index (χ0v) is 11.8. The highest BCUT2D eigenvalue weighted by molar-refractivity contribution is 7.09. The summed E-state index contributed by atoms with van der Waals surface area (Å²) in [5.74, 6) is -5.50. The maximum atomic E-state index is 12.8. The molecule has 8 heteroatoms. The summed E-state index contributed by atoms with van der Waals surface area (Å²) in [4.78, 5) is 24.9. The van der Waals surface area contributed by atoms with Gasteiger partial charge in [0.25, 0.3) is 0 Å². The lowest BCUT2D eigenvalue weighted by Gasteiger charge is -2.18. The van der Waals surface area contributed by atoms with Gasteiger partial charge >= 0.3 is 12.1 Å². The first-order valence-corrected chi connectivity index (χ1v) is 7.26. The first-order valence-electron chi connectivity index (χ1n) is 6.38. The van der Waals surface area contributed by atoms with Crippen LogP contribution in [0.2, 0.25) is 0 Å². The number of carboxylic acid groups (broad SMARTS) is 1. The first kappa shape index (κ1) is 15.8. The van der Waals surface area contributed by atoms with E-state index in [0.29, 0.717) is 6.42 Å². The van der Waals surface area contributed by atoms with Crippen LogP contribution in [0.5, 0.6) is 0 Å². The molecule has 0 spiro atoms. The molecule has 1 fully saturated rings. The van der Waals surface area contributed by atoms with Crippen LogP contribution in [0.1, 0.15) is 11.3 Å². The molecule has 1 aromatic heterocycles. The van der Waals surface area contributed by atoms with Crippen molar-refractivity contribution in [2.45, 2.75) is 19.0 Å². The molecule has 2 rings (SSSR count). The molecule has 0 aromatic carbocycles. The second-order valence-corrected chi connectivity index (χ2v) is 6.00. The van der Waals surface area contributed by atoms with Crippen molar-refractivity contribution in [1.29, 1.82) is 0 Å². The van der Waals surface area contributed by atoms with E-state index in [2.05, 4.69) is 0 Å². The van der Waals surface area contributed by atoms with Crippen LogP contribution in [0.15, 0.2) is 17.5 Å². The van der Waals surface area contributed by atoms with Crippen molar-refractivity contribution >= 4 is 23.2 Å². The molecule has 0 saturated carbocycles. The maximum absolute atomic E-state index is 12.8. The minimum atomic E-state index is -4.61. The van der Waals surface area contributed by atoms with Gasteiger partial charge in [-0.05, 0) is 17.9 Å². The number of rotatable bonds is 4. The normalized spacial score (nSPS) is 22.5. The quantitative estimate of drug-likeness (QED) is 0.926. The van der Waals surface area contributed by atoms with Gasteiger partial charge in [-0.3, -0.25) is 9.59 Å². The smallest absolute Gasteiger partial charge is 0.394 e. The van der Waals surface area contributed by atoms with E-state index in [0.717, 1.165) is 9.78 Å². The molecule has 4 nitrogen and oxygen atoms in total. The molecule has 1 saturated heterocycles. The van der Waals surface area contributed by atoms with Gasteiger partial charge < -0.3 is 10.0 Å². The van der Waals surface area contributed by atoms with Gasteiger partial charge in [-0.15, -0.1) is 11.3 Å². The lowest BCUT2D eigenvalue weighted by molar-refractivity contribution is -0.188. The average Bonchev–Trinajstić information content (AvgIpc) is 3.04. The van der Waals surface area contributed by atoms with Crippen LogP contribution in [0.4, 0.5) is 13.2 Å². The van der Waals surface area contributed by atoms with Gasteiger partial charge in [-0.2, -0.15) is 13.2 Å². The molecule has 1 N–H and O–H groups in total. The number of nitrogens with zero attached hydrogens (tertiary/aromatic N) is 1. The summed E-state index contributed by atoms with van der Waals surface area (Å²) in [5, 5.41) is 10.7. The van der Waals surface area contributed by atoms with Crippen molar-refractivity contribution in [3.8, 4) is 0 Å². The van der Waals surface area contributed by atoms with Crippen molar-refractivity contribution < 1.29 is 27.9 Å². The van der Waals surface area contributed by atoms with Gasteiger partial charge in [-0.1, -0.05) is 6.07 Å². The molecule has 1 amide bonds. The number of aliphatic carboxylic acids is 1. The highest BCUT2D eigenvalue weighted by Gasteiger charge is 2.53. The topological polar surface area (TPSA) is 57.6 Å². The lowest BCUT2D eigenvalue weighted by atomic mass is 9.96. The van der Waals surface area contributed by atoms with E-state index >= 15 is 0 Å². The Morgan fingerprint density at radius 2 is 2.10 bits per heavy atom. The zero-order chi connectivity index (χ0) is 15.6. The molecule has 0 aliphatic carbocycles. The van der Waals surface area contributed by atoms with Crippen molar-refractivity contribution in [1.82, 2.24) is 4.90 Å². The molecular formula is C13H14F3NO3S. The highest BCUT2D eigenvalue weighted by Crippen LogP contribution is 2.37. The van der Waals surface area contributed by atoms with Gasteiger partial charge in [0.2, 0.25) is 5.91 Å². The van der Waals surface area contributed by atoms with E-state index < -0.39 is 36.4 Å². The summed E-state index contributed by atoms with van der Waals surface area (Å²) in [6.45, 7) is -0.938. The van der Waals surface area contributed by atoms with E-state index in [4.69, 9.17) is 5.11 Å². The third-order valence-electron chi connectivity index (χ3n) is 3.58. The monoisotopic (exact) mass is 321 g/mol. The summed E-state index contributed by atoms with van der Waals surface area (Å²) < 4.78 is 38.5. The van der Waals surface area contributed by atoms with Gasteiger partial charge in [0.1, 0.15) is 0 Å². The van der Waals surface area contributed by atoms with Crippen LogP contribution in [0.25, 0.3) is 0 Å². The number of alkyl halides is 3. The molecule has 2 heterocycles. The molecule has 0 radical (unpaired) electrons. The fourth-order valence-corrected chi connectivity index (χ4v) is 3.14. The Labute approximate surface area is 123 Å². The Bertz CT molecular complexity index is 515. The standard InChI is InChI=1S/C13H14F3NO3S/c14-13(15,16)10-7-17(6-9(10)12(19)20)11(18)4-3-8-2-1-5-21-8/h1-2,5,9-10H,3-4,6-7H2,(H,19,20)/t9-,10-/m1/s1. The van der Waals surface area contributed by atoms with Crippen molar-refractivity contribution in [3.63, 3.8) is 0 Å². The van der Waals surface area contributed by atoms with Gasteiger partial charge in [0.15, 0.2) is 0 Å². The number of amides is 1. The molecule has 0 bridgehead atoms. The molecule has 116 valence electrons. The molecule has 21 heavy (non-hydrogen) atoms. The number of thiophene rings is 1. The van der Waals surface area contributed by atoms with Crippen LogP contribution in [-0.2, 0) is 16.0 Å². The SMILES string of the molecule is O=C(O)[C@@H]1CN(C(=O)CCc2cccs2)C[C@H]1C(F)(F)F. The number of hydrogen-bond acceptors (Lipinski definition) is 3. The van der Waals surface area contributed by atoms with Crippen LogP contribution in [0, 0.1) is 11.8 Å². The van der Waals surface area contributed by atoms with Gasteiger partial charge in [-0.25, -0.2) is 0 Å². The Balaban J connectivity index is 1.98. The van der Waals surface area contributed by atoms with Crippen LogP contribution < -0.4 is 0 Å². The summed E-state index contributed by atoms with van der Waals surface area (Å²) in [5.41, 5.74) is 0. The Hall–Kier alpha value is -1.57. The Morgan fingerprint density at radius 1 is 1.38 bits per heavy atom. The van der Waals surface area contributed by atoms with Crippen molar-refractivity contribution in [2.75, 3.05) is 13.1 Å². The fourth-order valence-electron chi connectivity index (χ4n) is 2.43. The molecule has 1 aromatic rings. The summed E-state index contributed by atoms with van der Waals surface area (Å²) in [7, 11) is 0. The van der Waals surface area contributed by atoms with Crippen LogP contribution in [-0.4, -0.2) is 41.1 Å². The Morgan fingerprint density at radius 3 is 2.57 bits per heavy atom. The minimum absolute atomic E-state index is 0.0947. The van der Waals surface area contributed by atoms with Crippen LogP contribution >= 0.6 is 11.3 Å². The van der Waals surface area contributed by atoms with E-state index in [1.165, 1.54) is 11.3 Å².